The van der Waals surface area contributed by atoms with E-state index in [1.165, 1.54) is 0 Å². The Morgan fingerprint density at radius 2 is 1.87 bits per heavy atom. The van der Waals surface area contributed by atoms with Gasteiger partial charge in [-0.05, 0) is 42.8 Å². The zero-order valence-corrected chi connectivity index (χ0v) is 21.2. The fourth-order valence-electron chi connectivity index (χ4n) is 3.48. The molecular weight excluding hydrogens is 547 g/mol. The van der Waals surface area contributed by atoms with Gasteiger partial charge in [0, 0.05) is 0 Å². The van der Waals surface area contributed by atoms with Gasteiger partial charge in [-0.1, -0.05) is 29.8 Å². The smallest absolute Gasteiger partial charge is 0.416 e. The molecule has 13 heteroatoms. The highest BCUT2D eigenvalue weighted by Gasteiger charge is 2.31. The second-order valence-electron chi connectivity index (χ2n) is 7.95. The molecule has 0 saturated carbocycles. The van der Waals surface area contributed by atoms with Crippen LogP contribution in [0, 0.1) is 6.92 Å². The van der Waals surface area contributed by atoms with Crippen LogP contribution in [0.1, 0.15) is 20.8 Å². The Bertz CT molecular complexity index is 1550. The molecule has 8 nitrogen and oxygen atoms in total. The normalized spacial score (nSPS) is 11.4. The second-order valence-corrected chi connectivity index (χ2v) is 9.36. The van der Waals surface area contributed by atoms with Gasteiger partial charge in [-0.2, -0.15) is 13.2 Å². The van der Waals surface area contributed by atoms with Crippen LogP contribution in [0.15, 0.2) is 59.7 Å². The molecule has 1 N–H and O–H groups in total. The van der Waals surface area contributed by atoms with Crippen molar-refractivity contribution < 1.29 is 32.2 Å². The van der Waals surface area contributed by atoms with Crippen molar-refractivity contribution in [2.45, 2.75) is 19.6 Å². The van der Waals surface area contributed by atoms with Gasteiger partial charge in [-0.25, -0.2) is 9.78 Å². The van der Waals surface area contributed by atoms with E-state index in [0.717, 1.165) is 34.4 Å². The molecule has 0 aliphatic carbocycles. The van der Waals surface area contributed by atoms with E-state index < -0.39 is 35.7 Å². The number of ether oxygens (including phenoxy) is 2. The highest BCUT2D eigenvalue weighted by atomic mass is 35.5. The number of nitrogens with one attached hydrogen (secondary N) is 1. The van der Waals surface area contributed by atoms with Crippen molar-refractivity contribution >= 4 is 50.7 Å². The third-order valence-corrected chi connectivity index (χ3v) is 6.82. The SMILES string of the molecule is Cc1c(C(=O)OCCOc2ccccc2)sc2ncn(CC(=O)Nc3cc(C(F)(F)F)ccc3Cl)c(=O)c12. The van der Waals surface area contributed by atoms with Crippen LogP contribution in [0.4, 0.5) is 18.9 Å². The van der Waals surface area contributed by atoms with E-state index in [4.69, 9.17) is 21.1 Å². The highest BCUT2D eigenvalue weighted by Crippen LogP contribution is 2.34. The number of benzene rings is 2. The van der Waals surface area contributed by atoms with E-state index >= 15 is 0 Å². The minimum absolute atomic E-state index is 0.0165. The first kappa shape index (κ1) is 27.1. The number of hydrogen-bond donors (Lipinski definition) is 1. The average molecular weight is 566 g/mol. The van der Waals surface area contributed by atoms with Crippen molar-refractivity contribution in [3.05, 3.63) is 86.2 Å². The summed E-state index contributed by atoms with van der Waals surface area (Å²) in [7, 11) is 0. The molecule has 198 valence electrons. The molecule has 0 fully saturated rings. The molecule has 0 radical (unpaired) electrons. The van der Waals surface area contributed by atoms with Crippen molar-refractivity contribution in [3.63, 3.8) is 0 Å². The van der Waals surface area contributed by atoms with E-state index in [1.807, 2.05) is 18.2 Å². The van der Waals surface area contributed by atoms with Crippen LogP contribution in [0.25, 0.3) is 10.2 Å². The number of alkyl halides is 3. The molecule has 0 aliphatic rings. The number of esters is 1. The third-order valence-electron chi connectivity index (χ3n) is 5.31. The lowest BCUT2D eigenvalue weighted by atomic mass is 10.2. The number of anilines is 1. The topological polar surface area (TPSA) is 99.5 Å². The molecule has 0 saturated heterocycles. The zero-order valence-electron chi connectivity index (χ0n) is 19.7. The van der Waals surface area contributed by atoms with Crippen LogP contribution in [0.5, 0.6) is 5.75 Å². The number of carbonyl (C=O) groups excluding carboxylic acids is 2. The lowest BCUT2D eigenvalue weighted by molar-refractivity contribution is -0.137. The van der Waals surface area contributed by atoms with E-state index in [1.54, 1.807) is 19.1 Å². The fraction of sp³-hybridized carbons (Fsp3) is 0.200. The molecule has 4 rings (SSSR count). The number of hydrogen-bond acceptors (Lipinski definition) is 7. The first-order chi connectivity index (χ1) is 18.0. The van der Waals surface area contributed by atoms with Gasteiger partial charge in [0.05, 0.1) is 28.0 Å². The second kappa shape index (κ2) is 11.2. The Hall–Kier alpha value is -3.90. The summed E-state index contributed by atoms with van der Waals surface area (Å²) in [6, 6.07) is 11.5. The molecule has 2 heterocycles. The predicted molar refractivity (Wildman–Crippen MR) is 136 cm³/mol. The van der Waals surface area contributed by atoms with Crippen molar-refractivity contribution in [1.29, 1.82) is 0 Å². The van der Waals surface area contributed by atoms with Gasteiger partial charge in [0.1, 0.15) is 35.2 Å². The standard InChI is InChI=1S/C25H19ClF3N3O5S/c1-14-20-22(38-21(14)24(35)37-10-9-36-16-5-3-2-4-6-16)30-13-32(23(20)34)12-19(33)31-18-11-15(25(27,28)29)7-8-17(18)26/h2-8,11,13H,9-10,12H2,1H3,(H,31,33). The number of halogens is 4. The average Bonchev–Trinajstić information content (AvgIpc) is 3.22. The molecule has 0 unspecified atom stereocenters. The number of nitrogens with zero attached hydrogens (tertiary/aromatic N) is 2. The van der Waals surface area contributed by atoms with E-state index in [2.05, 4.69) is 10.3 Å². The maximum atomic E-state index is 13.0. The van der Waals surface area contributed by atoms with Crippen molar-refractivity contribution in [3.8, 4) is 5.75 Å². The maximum absolute atomic E-state index is 13.0. The van der Waals surface area contributed by atoms with Crippen LogP contribution in [0.2, 0.25) is 5.02 Å². The van der Waals surface area contributed by atoms with Gasteiger partial charge in [-0.15, -0.1) is 11.3 Å². The van der Waals surface area contributed by atoms with Crippen LogP contribution >= 0.6 is 22.9 Å². The molecule has 4 aromatic rings. The van der Waals surface area contributed by atoms with Gasteiger partial charge < -0.3 is 14.8 Å². The molecule has 0 spiro atoms. The Morgan fingerprint density at radius 1 is 1.13 bits per heavy atom. The number of aromatic nitrogens is 2. The largest absolute Gasteiger partial charge is 0.490 e. The minimum Gasteiger partial charge on any atom is -0.490 e. The van der Waals surface area contributed by atoms with E-state index in [-0.39, 0.29) is 39.0 Å². The van der Waals surface area contributed by atoms with E-state index in [0.29, 0.717) is 17.4 Å². The minimum atomic E-state index is -4.62. The molecule has 0 atom stereocenters. The summed E-state index contributed by atoms with van der Waals surface area (Å²) in [4.78, 5) is 42.8. The van der Waals surface area contributed by atoms with Gasteiger partial charge >= 0.3 is 12.1 Å². The Kier molecular flexibility index (Phi) is 8.02. The lowest BCUT2D eigenvalue weighted by Crippen LogP contribution is -2.28. The summed E-state index contributed by atoms with van der Waals surface area (Å²) < 4.78 is 50.7. The first-order valence-electron chi connectivity index (χ1n) is 11.0. The molecular formula is C25H19ClF3N3O5S. The number of thiophene rings is 1. The summed E-state index contributed by atoms with van der Waals surface area (Å²) in [6.45, 7) is 1.14. The van der Waals surface area contributed by atoms with Gasteiger partial charge in [0.25, 0.3) is 5.56 Å². The van der Waals surface area contributed by atoms with Crippen molar-refractivity contribution in [2.24, 2.45) is 0 Å². The van der Waals surface area contributed by atoms with Gasteiger partial charge in [-0.3, -0.25) is 14.2 Å². The van der Waals surface area contributed by atoms with Crippen LogP contribution in [-0.4, -0.2) is 34.6 Å². The fourth-order valence-corrected chi connectivity index (χ4v) is 4.68. The number of fused-ring (bicyclic) bond motifs is 1. The predicted octanol–water partition coefficient (Wildman–Crippen LogP) is 5.31. The molecule has 38 heavy (non-hydrogen) atoms. The Morgan fingerprint density at radius 3 is 2.58 bits per heavy atom. The third kappa shape index (κ3) is 6.14. The number of para-hydroxylation sites is 1. The van der Waals surface area contributed by atoms with Crippen LogP contribution in [-0.2, 0) is 22.3 Å². The number of carbonyl (C=O) groups is 2. The molecule has 2 aromatic heterocycles. The van der Waals surface area contributed by atoms with Gasteiger partial charge in [0.15, 0.2) is 0 Å². The molecule has 0 bridgehead atoms. The van der Waals surface area contributed by atoms with Crippen LogP contribution < -0.4 is 15.6 Å². The van der Waals surface area contributed by atoms with Crippen molar-refractivity contribution in [1.82, 2.24) is 9.55 Å². The quantitative estimate of drug-likeness (QED) is 0.229. The molecule has 2 aromatic carbocycles. The summed E-state index contributed by atoms with van der Waals surface area (Å²) in [5.41, 5.74) is -1.49. The molecule has 0 aliphatic heterocycles. The lowest BCUT2D eigenvalue weighted by Gasteiger charge is -2.12. The highest BCUT2D eigenvalue weighted by molar-refractivity contribution is 7.20. The summed E-state index contributed by atoms with van der Waals surface area (Å²) in [6.07, 6.45) is -3.50. The number of rotatable bonds is 8. The van der Waals surface area contributed by atoms with Gasteiger partial charge in [0.2, 0.25) is 5.91 Å². The Balaban J connectivity index is 1.45. The zero-order chi connectivity index (χ0) is 27.4. The van der Waals surface area contributed by atoms with Crippen molar-refractivity contribution in [2.75, 3.05) is 18.5 Å². The number of aryl methyl sites for hydroxylation is 1. The van der Waals surface area contributed by atoms with Crippen LogP contribution in [0.3, 0.4) is 0 Å². The monoisotopic (exact) mass is 565 g/mol. The van der Waals surface area contributed by atoms with E-state index in [9.17, 15) is 27.6 Å². The first-order valence-corrected chi connectivity index (χ1v) is 12.2. The number of amides is 1. The summed E-state index contributed by atoms with van der Waals surface area (Å²) in [5, 5.41) is 2.32. The molecule has 1 amide bonds. The summed E-state index contributed by atoms with van der Waals surface area (Å²) >= 11 is 6.89. The Labute approximate surface area is 222 Å². The maximum Gasteiger partial charge on any atom is 0.416 e. The summed E-state index contributed by atoms with van der Waals surface area (Å²) in [5.74, 6) is -0.809.